The Bertz CT molecular complexity index is 1530. The van der Waals surface area contributed by atoms with E-state index in [4.69, 9.17) is 4.74 Å². The number of aryl methyl sites for hydroxylation is 1. The summed E-state index contributed by atoms with van der Waals surface area (Å²) in [7, 11) is 0. The fraction of sp³-hybridized carbons (Fsp3) is 0.579. The summed E-state index contributed by atoms with van der Waals surface area (Å²) in [5.74, 6) is 0.976. The highest BCUT2D eigenvalue weighted by Gasteiger charge is 2.36. The van der Waals surface area contributed by atoms with Gasteiger partial charge in [0, 0.05) is 55.3 Å². The van der Waals surface area contributed by atoms with Crippen LogP contribution < -0.4 is 10.6 Å². The number of carbonyl (C=O) groups excluding carboxylic acids is 4. The van der Waals surface area contributed by atoms with Crippen LogP contribution in [0.1, 0.15) is 62.1 Å². The molecule has 6 rings (SSSR count). The highest BCUT2D eigenvalue weighted by Crippen LogP contribution is 2.33. The van der Waals surface area contributed by atoms with Crippen LogP contribution in [0.4, 0.5) is 15.3 Å². The molecule has 0 aliphatic carbocycles. The van der Waals surface area contributed by atoms with Crippen molar-refractivity contribution in [3.05, 3.63) is 63.6 Å². The maximum atomic E-state index is 14.1. The molecule has 4 aliphatic rings. The minimum atomic E-state index is -0.673. The zero-order valence-electron chi connectivity index (χ0n) is 29.4. The van der Waals surface area contributed by atoms with Crippen molar-refractivity contribution in [2.75, 3.05) is 57.7 Å². The molecule has 4 aliphatic heterocycles. The predicted molar refractivity (Wildman–Crippen MR) is 196 cm³/mol. The van der Waals surface area contributed by atoms with Crippen molar-refractivity contribution in [1.29, 1.82) is 0 Å². The molecular formula is C38H51BrN6O5. The predicted octanol–water partition coefficient (Wildman–Crippen LogP) is 5.40. The first kappa shape index (κ1) is 36.2. The molecule has 0 spiro atoms. The molecule has 3 saturated heterocycles. The van der Waals surface area contributed by atoms with Crippen LogP contribution in [-0.4, -0.2) is 108 Å². The molecule has 3 fully saturated rings. The number of carbonyl (C=O) groups is 4. The molecule has 270 valence electrons. The van der Waals surface area contributed by atoms with E-state index in [0.29, 0.717) is 77.0 Å². The number of ether oxygens (including phenoxy) is 1. The number of hydrogen-bond acceptors (Lipinski definition) is 6. The van der Waals surface area contributed by atoms with Crippen molar-refractivity contribution in [3.63, 3.8) is 0 Å². The largest absolute Gasteiger partial charge is 0.465 e. The number of amides is 5. The van der Waals surface area contributed by atoms with E-state index in [2.05, 4.69) is 37.5 Å². The molecule has 50 heavy (non-hydrogen) atoms. The monoisotopic (exact) mass is 750 g/mol. The highest BCUT2D eigenvalue weighted by atomic mass is 79.9. The molecule has 0 radical (unpaired) electrons. The molecule has 12 heteroatoms. The van der Waals surface area contributed by atoms with Gasteiger partial charge in [0.25, 0.3) is 0 Å². The van der Waals surface area contributed by atoms with Crippen LogP contribution in [0.25, 0.3) is 0 Å². The molecule has 0 aromatic heterocycles. The number of esters is 1. The molecule has 11 nitrogen and oxygen atoms in total. The topological polar surface area (TPSA) is 115 Å². The molecule has 2 aromatic carbocycles. The van der Waals surface area contributed by atoms with Gasteiger partial charge in [-0.2, -0.15) is 0 Å². The summed E-state index contributed by atoms with van der Waals surface area (Å²) in [4.78, 5) is 60.5. The van der Waals surface area contributed by atoms with Gasteiger partial charge in [0.2, 0.25) is 5.91 Å². The summed E-state index contributed by atoms with van der Waals surface area (Å²) in [6.07, 6.45) is 5.81. The summed E-state index contributed by atoms with van der Waals surface area (Å²) in [5, 5.41) is 6.14. The average Bonchev–Trinajstić information content (AvgIpc) is 3.13. The molecular weight excluding hydrogens is 700 g/mol. The number of nitrogens with zero attached hydrogens (tertiary/aromatic N) is 4. The zero-order valence-corrected chi connectivity index (χ0v) is 31.0. The molecule has 0 saturated carbocycles. The number of rotatable bonds is 9. The van der Waals surface area contributed by atoms with Crippen LogP contribution in [0.15, 0.2) is 46.9 Å². The lowest BCUT2D eigenvalue weighted by atomic mass is 9.78. The quantitative estimate of drug-likeness (QED) is 0.332. The van der Waals surface area contributed by atoms with E-state index >= 15 is 0 Å². The van der Waals surface area contributed by atoms with E-state index in [-0.39, 0.29) is 30.0 Å². The molecule has 1 unspecified atom stereocenters. The molecule has 2 N–H and O–H groups in total. The lowest BCUT2D eigenvalue weighted by Gasteiger charge is -2.41. The van der Waals surface area contributed by atoms with E-state index in [1.807, 2.05) is 60.0 Å². The van der Waals surface area contributed by atoms with Crippen LogP contribution in [0, 0.1) is 18.8 Å². The fourth-order valence-electron chi connectivity index (χ4n) is 8.19. The number of benzene rings is 2. The minimum Gasteiger partial charge on any atom is -0.465 e. The Morgan fingerprint density at radius 1 is 0.920 bits per heavy atom. The molecule has 2 aromatic rings. The van der Waals surface area contributed by atoms with Gasteiger partial charge in [0.1, 0.15) is 6.04 Å². The third-order valence-corrected chi connectivity index (χ3v) is 12.0. The Hall–Kier alpha value is -3.64. The van der Waals surface area contributed by atoms with Gasteiger partial charge in [0.05, 0.1) is 13.2 Å². The first-order valence-corrected chi connectivity index (χ1v) is 19.1. The summed E-state index contributed by atoms with van der Waals surface area (Å²) in [6, 6.07) is 13.0. The second-order valence-corrected chi connectivity index (χ2v) is 15.2. The van der Waals surface area contributed by atoms with Gasteiger partial charge in [-0.25, -0.2) is 9.59 Å². The van der Waals surface area contributed by atoms with Gasteiger partial charge in [-0.05, 0) is 106 Å². The number of fused-ring (bicyclic) bond motifs is 1. The SMILES string of the molecule is CCOC(=O)CN1CCC(C2CCN(C(=O)C(Cc3ccc(Br)c(C)c3)NC(=O)N3CCC(N4Cc5ccccc5NC4=O)CC3)CC2)CC1. The standard InChI is InChI=1S/C38H51BrN6O5/c1-3-50-35(46)25-42-16-10-28(11-17-42)29-12-18-43(19-13-29)36(47)34(23-27-8-9-32(39)26(2)22-27)41-37(48)44-20-14-31(15-21-44)45-24-30-6-4-5-7-33(30)40-38(45)49/h4-9,22,28-29,31,34H,3,10-21,23-25H2,1-2H3,(H,40,49)(H,41,48). The maximum Gasteiger partial charge on any atom is 0.322 e. The molecule has 0 bridgehead atoms. The van der Waals surface area contributed by atoms with E-state index in [0.717, 1.165) is 65.6 Å². The van der Waals surface area contributed by atoms with Crippen LogP contribution in [-0.2, 0) is 27.3 Å². The number of piperidine rings is 3. The highest BCUT2D eigenvalue weighted by molar-refractivity contribution is 9.10. The number of urea groups is 2. The number of hydrogen-bond donors (Lipinski definition) is 2. The first-order valence-electron chi connectivity index (χ1n) is 18.3. The van der Waals surface area contributed by atoms with Gasteiger partial charge >= 0.3 is 18.0 Å². The van der Waals surface area contributed by atoms with Crippen molar-refractivity contribution in [2.24, 2.45) is 11.8 Å². The Kier molecular flexibility index (Phi) is 12.0. The van der Waals surface area contributed by atoms with Crippen molar-refractivity contribution in [2.45, 2.75) is 77.4 Å². The number of para-hydroxylation sites is 1. The minimum absolute atomic E-state index is 0.0276. The lowest BCUT2D eigenvalue weighted by molar-refractivity contribution is -0.144. The van der Waals surface area contributed by atoms with Gasteiger partial charge in [-0.15, -0.1) is 0 Å². The second-order valence-electron chi connectivity index (χ2n) is 14.3. The van der Waals surface area contributed by atoms with Crippen LogP contribution in [0.5, 0.6) is 0 Å². The smallest absolute Gasteiger partial charge is 0.322 e. The summed E-state index contributed by atoms with van der Waals surface area (Å²) >= 11 is 3.58. The van der Waals surface area contributed by atoms with E-state index < -0.39 is 6.04 Å². The van der Waals surface area contributed by atoms with Crippen molar-refractivity contribution in [1.82, 2.24) is 24.9 Å². The number of likely N-dealkylation sites (tertiary alicyclic amines) is 3. The summed E-state index contributed by atoms with van der Waals surface area (Å²) in [6.45, 7) is 9.41. The van der Waals surface area contributed by atoms with Crippen LogP contribution in [0.2, 0.25) is 0 Å². The average molecular weight is 752 g/mol. The maximum absolute atomic E-state index is 14.1. The first-order chi connectivity index (χ1) is 24.2. The Labute approximate surface area is 304 Å². The summed E-state index contributed by atoms with van der Waals surface area (Å²) < 4.78 is 6.13. The Morgan fingerprint density at radius 3 is 2.26 bits per heavy atom. The van der Waals surface area contributed by atoms with Crippen molar-refractivity contribution >= 4 is 45.6 Å². The number of nitrogens with one attached hydrogen (secondary N) is 2. The second kappa shape index (κ2) is 16.6. The van der Waals surface area contributed by atoms with E-state index in [9.17, 15) is 19.2 Å². The normalized spacial score (nSPS) is 20.2. The van der Waals surface area contributed by atoms with Crippen molar-refractivity contribution < 1.29 is 23.9 Å². The third-order valence-electron chi connectivity index (χ3n) is 11.1. The third kappa shape index (κ3) is 8.80. The molecule has 5 amide bonds. The van der Waals surface area contributed by atoms with Gasteiger partial charge in [-0.3, -0.25) is 14.5 Å². The van der Waals surface area contributed by atoms with Crippen molar-refractivity contribution in [3.8, 4) is 0 Å². The van der Waals surface area contributed by atoms with Gasteiger partial charge in [-0.1, -0.05) is 46.3 Å². The molecule has 1 atom stereocenters. The van der Waals surface area contributed by atoms with Crippen LogP contribution in [0.3, 0.4) is 0 Å². The molecule has 4 heterocycles. The lowest BCUT2D eigenvalue weighted by Crippen LogP contribution is -2.57. The van der Waals surface area contributed by atoms with E-state index in [1.165, 1.54) is 0 Å². The fourth-order valence-corrected chi connectivity index (χ4v) is 8.44. The summed E-state index contributed by atoms with van der Waals surface area (Å²) in [5.41, 5.74) is 4.04. The van der Waals surface area contributed by atoms with Gasteiger partial charge in [0.15, 0.2) is 0 Å². The number of halogens is 1. The van der Waals surface area contributed by atoms with Crippen LogP contribution >= 0.6 is 15.9 Å². The zero-order chi connectivity index (χ0) is 35.2. The van der Waals surface area contributed by atoms with E-state index in [1.54, 1.807) is 4.90 Å². The Balaban J connectivity index is 1.03. The number of anilines is 1. The Morgan fingerprint density at radius 2 is 1.58 bits per heavy atom. The van der Waals surface area contributed by atoms with Gasteiger partial charge < -0.3 is 30.1 Å².